The van der Waals surface area contributed by atoms with Gasteiger partial charge < -0.3 is 28.3 Å². The maximum atomic E-state index is 6.10. The predicted molar refractivity (Wildman–Crippen MR) is 138 cm³/mol. The molecule has 36 heavy (non-hydrogen) atoms. The highest BCUT2D eigenvalue weighted by molar-refractivity contribution is 6.30. The summed E-state index contributed by atoms with van der Waals surface area (Å²) in [6.45, 7) is 6.82. The average Bonchev–Trinajstić information content (AvgIpc) is 3.18. The van der Waals surface area contributed by atoms with Crippen molar-refractivity contribution in [3.8, 4) is 17.2 Å². The Hall–Kier alpha value is -2.78. The van der Waals surface area contributed by atoms with Gasteiger partial charge in [-0.15, -0.1) is 0 Å². The van der Waals surface area contributed by atoms with E-state index in [1.54, 1.807) is 26.5 Å². The van der Waals surface area contributed by atoms with E-state index in [2.05, 4.69) is 20.5 Å². The summed E-state index contributed by atoms with van der Waals surface area (Å²) < 4.78 is 31.6. The van der Waals surface area contributed by atoms with Gasteiger partial charge in [0.05, 0.1) is 26.9 Å². The molecule has 1 unspecified atom stereocenters. The molecule has 1 saturated heterocycles. The van der Waals surface area contributed by atoms with Crippen LogP contribution in [0.25, 0.3) is 0 Å². The molecule has 1 aromatic heterocycles. The zero-order valence-corrected chi connectivity index (χ0v) is 21.9. The molecule has 1 aliphatic rings. The van der Waals surface area contributed by atoms with E-state index in [9.17, 15) is 0 Å². The lowest BCUT2D eigenvalue weighted by Gasteiger charge is -2.34. The van der Waals surface area contributed by atoms with Crippen LogP contribution >= 0.6 is 11.6 Å². The Bertz CT molecular complexity index is 1120. The zero-order valence-electron chi connectivity index (χ0n) is 21.1. The third-order valence-corrected chi connectivity index (χ3v) is 6.54. The predicted octanol–water partition coefficient (Wildman–Crippen LogP) is 4.23. The van der Waals surface area contributed by atoms with Crippen LogP contribution in [0.4, 0.5) is 0 Å². The monoisotopic (exact) mass is 515 g/mol. The molecule has 0 radical (unpaired) electrons. The molecule has 194 valence electrons. The number of hydrogen-bond donors (Lipinski definition) is 0. The Morgan fingerprint density at radius 3 is 2.75 bits per heavy atom. The summed E-state index contributed by atoms with van der Waals surface area (Å²) in [4.78, 5) is 6.56. The van der Waals surface area contributed by atoms with Gasteiger partial charge in [-0.25, -0.2) is 4.98 Å². The van der Waals surface area contributed by atoms with Gasteiger partial charge in [-0.3, -0.25) is 4.90 Å². The SMILES string of the molecule is COc1cc(CN2CCOCC(COc3cccc(Cl)c3)(OC)C2)ccc1OCCn1ccnc1C. The number of halogens is 1. The second-order valence-corrected chi connectivity index (χ2v) is 9.33. The van der Waals surface area contributed by atoms with Crippen molar-refractivity contribution in [3.63, 3.8) is 0 Å². The topological polar surface area (TPSA) is 67.2 Å². The number of ether oxygens (including phenoxy) is 5. The van der Waals surface area contributed by atoms with Gasteiger partial charge in [-0.1, -0.05) is 23.7 Å². The van der Waals surface area contributed by atoms with E-state index in [4.69, 9.17) is 35.3 Å². The van der Waals surface area contributed by atoms with Crippen LogP contribution in [0, 0.1) is 6.92 Å². The second kappa shape index (κ2) is 12.5. The highest BCUT2D eigenvalue weighted by Gasteiger charge is 2.36. The summed E-state index contributed by atoms with van der Waals surface area (Å²) >= 11 is 6.10. The zero-order chi connectivity index (χ0) is 25.4. The van der Waals surface area contributed by atoms with Crippen LogP contribution in [0.15, 0.2) is 54.9 Å². The van der Waals surface area contributed by atoms with Crippen LogP contribution < -0.4 is 14.2 Å². The van der Waals surface area contributed by atoms with Crippen LogP contribution in [0.1, 0.15) is 11.4 Å². The van der Waals surface area contributed by atoms with Gasteiger partial charge in [0.2, 0.25) is 0 Å². The molecule has 0 spiro atoms. The third-order valence-electron chi connectivity index (χ3n) is 6.31. The highest BCUT2D eigenvalue weighted by atomic mass is 35.5. The quantitative estimate of drug-likeness (QED) is 0.378. The molecule has 1 fully saturated rings. The van der Waals surface area contributed by atoms with Crippen LogP contribution in [-0.4, -0.2) is 73.8 Å². The van der Waals surface area contributed by atoms with Crippen LogP contribution in [0.2, 0.25) is 5.02 Å². The van der Waals surface area contributed by atoms with E-state index in [-0.39, 0.29) is 0 Å². The third kappa shape index (κ3) is 6.91. The van der Waals surface area contributed by atoms with Gasteiger partial charge in [0.1, 0.15) is 30.4 Å². The van der Waals surface area contributed by atoms with Gasteiger partial charge in [-0.05, 0) is 42.8 Å². The Balaban J connectivity index is 1.38. The van der Waals surface area contributed by atoms with Crippen molar-refractivity contribution in [3.05, 3.63) is 71.3 Å². The fraction of sp³-hybridized carbons (Fsp3) is 0.444. The number of aryl methyl sites for hydroxylation is 1. The number of rotatable bonds is 11. The van der Waals surface area contributed by atoms with Gasteiger partial charge in [0.25, 0.3) is 0 Å². The Kier molecular flexibility index (Phi) is 9.09. The molecule has 8 nitrogen and oxygen atoms in total. The Morgan fingerprint density at radius 1 is 1.11 bits per heavy atom. The van der Waals surface area contributed by atoms with E-state index in [0.717, 1.165) is 36.8 Å². The minimum atomic E-state index is -0.600. The molecule has 0 bridgehead atoms. The Labute approximate surface area is 217 Å². The molecular formula is C27H34ClN3O5. The number of benzene rings is 2. The number of methoxy groups -OCH3 is 2. The van der Waals surface area contributed by atoms with E-state index < -0.39 is 5.60 Å². The fourth-order valence-corrected chi connectivity index (χ4v) is 4.42. The van der Waals surface area contributed by atoms with Crippen molar-refractivity contribution in [2.24, 2.45) is 0 Å². The maximum Gasteiger partial charge on any atom is 0.161 e. The van der Waals surface area contributed by atoms with E-state index in [1.165, 1.54) is 0 Å². The average molecular weight is 516 g/mol. The normalized spacial score (nSPS) is 18.6. The molecule has 3 aromatic rings. The maximum absolute atomic E-state index is 6.10. The molecule has 9 heteroatoms. The lowest BCUT2D eigenvalue weighted by Crippen LogP contribution is -2.50. The largest absolute Gasteiger partial charge is 0.493 e. The van der Waals surface area contributed by atoms with Gasteiger partial charge in [0, 0.05) is 44.2 Å². The van der Waals surface area contributed by atoms with Crippen LogP contribution in [-0.2, 0) is 22.6 Å². The first-order valence-corrected chi connectivity index (χ1v) is 12.4. The molecule has 2 heterocycles. The van der Waals surface area contributed by atoms with Gasteiger partial charge >= 0.3 is 0 Å². The number of aromatic nitrogens is 2. The summed E-state index contributed by atoms with van der Waals surface area (Å²) in [6.07, 6.45) is 3.74. The first-order chi connectivity index (χ1) is 17.5. The van der Waals surface area contributed by atoms with Crippen molar-refractivity contribution in [1.82, 2.24) is 14.5 Å². The molecule has 0 saturated carbocycles. The standard InChI is InChI=1S/C27H34ClN3O5/c1-21-29-9-10-31(21)12-14-35-25-8-7-22(15-26(25)32-2)17-30-11-13-34-19-27(18-30,33-3)20-36-24-6-4-5-23(28)16-24/h4-10,15-16H,11-14,17-20H2,1-3H3. The molecule has 0 N–H and O–H groups in total. The number of nitrogens with zero attached hydrogens (tertiary/aromatic N) is 3. The molecular weight excluding hydrogens is 482 g/mol. The number of hydrogen-bond acceptors (Lipinski definition) is 7. The van der Waals surface area contributed by atoms with E-state index in [1.807, 2.05) is 43.5 Å². The van der Waals surface area contributed by atoms with Crippen molar-refractivity contribution in [2.45, 2.75) is 25.6 Å². The highest BCUT2D eigenvalue weighted by Crippen LogP contribution is 2.29. The summed E-state index contributed by atoms with van der Waals surface area (Å²) in [5.74, 6) is 3.10. The summed E-state index contributed by atoms with van der Waals surface area (Å²) in [7, 11) is 3.36. The summed E-state index contributed by atoms with van der Waals surface area (Å²) in [5.41, 5.74) is 0.518. The molecule has 0 amide bonds. The molecule has 2 aromatic carbocycles. The summed E-state index contributed by atoms with van der Waals surface area (Å²) in [6, 6.07) is 13.4. The fourth-order valence-electron chi connectivity index (χ4n) is 4.24. The van der Waals surface area contributed by atoms with Gasteiger partial charge in [-0.2, -0.15) is 0 Å². The molecule has 1 atom stereocenters. The van der Waals surface area contributed by atoms with Crippen LogP contribution in [0.3, 0.4) is 0 Å². The minimum Gasteiger partial charge on any atom is -0.493 e. The van der Waals surface area contributed by atoms with Crippen LogP contribution in [0.5, 0.6) is 17.2 Å². The van der Waals surface area contributed by atoms with Crippen molar-refractivity contribution >= 4 is 11.6 Å². The first-order valence-electron chi connectivity index (χ1n) is 12.0. The second-order valence-electron chi connectivity index (χ2n) is 8.90. The smallest absolute Gasteiger partial charge is 0.161 e. The molecule has 0 aliphatic carbocycles. The minimum absolute atomic E-state index is 0.354. The van der Waals surface area contributed by atoms with Crippen molar-refractivity contribution in [1.29, 1.82) is 0 Å². The van der Waals surface area contributed by atoms with E-state index >= 15 is 0 Å². The van der Waals surface area contributed by atoms with Crippen molar-refractivity contribution < 1.29 is 23.7 Å². The van der Waals surface area contributed by atoms with Crippen molar-refractivity contribution in [2.75, 3.05) is 53.7 Å². The lowest BCUT2D eigenvalue weighted by atomic mass is 10.1. The Morgan fingerprint density at radius 2 is 2.00 bits per heavy atom. The molecule has 4 rings (SSSR count). The lowest BCUT2D eigenvalue weighted by molar-refractivity contribution is -0.0925. The van der Waals surface area contributed by atoms with Gasteiger partial charge in [0.15, 0.2) is 11.5 Å². The van der Waals surface area contributed by atoms with E-state index in [0.29, 0.717) is 49.5 Å². The number of imidazole rings is 1. The first kappa shape index (κ1) is 26.3. The summed E-state index contributed by atoms with van der Waals surface area (Å²) in [5, 5.41) is 0.635. The molecule has 1 aliphatic heterocycles.